The monoisotopic (exact) mass is 348 g/mol. The molecule has 0 radical (unpaired) electrons. The molecular formula is C19H32N4S. The third kappa shape index (κ3) is 6.36. The maximum Gasteiger partial charge on any atom is 0.191 e. The normalized spacial score (nSPS) is 21.9. The van der Waals surface area contributed by atoms with Crippen LogP contribution in [0.5, 0.6) is 0 Å². The molecule has 1 saturated heterocycles. The number of hydrogen-bond acceptors (Lipinski definition) is 3. The van der Waals surface area contributed by atoms with Crippen molar-refractivity contribution in [3.8, 4) is 0 Å². The Kier molecular flexibility index (Phi) is 8.47. The average molecular weight is 349 g/mol. The number of aliphatic imine (C=N–C) groups is 1. The number of guanidine groups is 1. The minimum Gasteiger partial charge on any atom is -0.356 e. The molecule has 1 aliphatic heterocycles. The van der Waals surface area contributed by atoms with Gasteiger partial charge in [-0.05, 0) is 43.8 Å². The molecule has 0 aromatic heterocycles. The summed E-state index contributed by atoms with van der Waals surface area (Å²) in [6, 6.07) is 11.8. The van der Waals surface area contributed by atoms with Gasteiger partial charge in [-0.1, -0.05) is 30.3 Å². The number of benzene rings is 1. The van der Waals surface area contributed by atoms with E-state index in [-0.39, 0.29) is 0 Å². The summed E-state index contributed by atoms with van der Waals surface area (Å²) >= 11 is 1.91. The topological polar surface area (TPSA) is 39.7 Å². The fourth-order valence-corrected chi connectivity index (χ4v) is 3.70. The summed E-state index contributed by atoms with van der Waals surface area (Å²) in [5, 5.41) is 7.04. The van der Waals surface area contributed by atoms with Crippen molar-refractivity contribution >= 4 is 17.7 Å². The number of nitrogens with zero attached hydrogens (tertiary/aromatic N) is 2. The molecule has 134 valence electrons. The number of likely N-dealkylation sites (tertiary alicyclic amines) is 1. The van der Waals surface area contributed by atoms with Gasteiger partial charge >= 0.3 is 0 Å². The van der Waals surface area contributed by atoms with Gasteiger partial charge < -0.3 is 10.6 Å². The highest BCUT2D eigenvalue weighted by molar-refractivity contribution is 7.98. The van der Waals surface area contributed by atoms with Gasteiger partial charge in [0.2, 0.25) is 0 Å². The molecule has 0 aliphatic carbocycles. The van der Waals surface area contributed by atoms with Crippen molar-refractivity contribution in [2.75, 3.05) is 32.1 Å². The van der Waals surface area contributed by atoms with Crippen LogP contribution >= 0.6 is 11.8 Å². The van der Waals surface area contributed by atoms with Gasteiger partial charge in [-0.25, -0.2) is 0 Å². The van der Waals surface area contributed by atoms with E-state index < -0.39 is 0 Å². The fraction of sp³-hybridized carbons (Fsp3) is 0.632. The Labute approximate surface area is 151 Å². The van der Waals surface area contributed by atoms with Crippen molar-refractivity contribution in [3.63, 3.8) is 0 Å². The Balaban J connectivity index is 1.74. The predicted molar refractivity (Wildman–Crippen MR) is 107 cm³/mol. The van der Waals surface area contributed by atoms with Crippen molar-refractivity contribution in [1.29, 1.82) is 0 Å². The molecule has 1 aromatic rings. The number of hydrogen-bond donors (Lipinski definition) is 2. The van der Waals surface area contributed by atoms with Crippen LogP contribution in [0.1, 0.15) is 31.7 Å². The number of rotatable bonds is 8. The lowest BCUT2D eigenvalue weighted by atomic mass is 10.2. The van der Waals surface area contributed by atoms with E-state index in [1.165, 1.54) is 30.6 Å². The minimum absolute atomic E-state index is 0.473. The van der Waals surface area contributed by atoms with Gasteiger partial charge in [-0.3, -0.25) is 9.89 Å². The second-order valence-electron chi connectivity index (χ2n) is 6.54. The fourth-order valence-electron chi connectivity index (χ4n) is 3.21. The van der Waals surface area contributed by atoms with Gasteiger partial charge in [0, 0.05) is 38.8 Å². The molecule has 5 heteroatoms. The molecule has 2 rings (SSSR count). The number of unbranched alkanes of at least 4 members (excludes halogenated alkanes) is 1. The lowest BCUT2D eigenvalue weighted by Gasteiger charge is -2.21. The van der Waals surface area contributed by atoms with Crippen LogP contribution in [0, 0.1) is 0 Å². The van der Waals surface area contributed by atoms with Crippen molar-refractivity contribution < 1.29 is 0 Å². The molecule has 2 atom stereocenters. The van der Waals surface area contributed by atoms with Gasteiger partial charge in [0.25, 0.3) is 0 Å². The van der Waals surface area contributed by atoms with Crippen LogP contribution in [-0.4, -0.2) is 55.1 Å². The third-order valence-corrected chi connectivity index (χ3v) is 5.26. The second kappa shape index (κ2) is 10.6. The largest absolute Gasteiger partial charge is 0.356 e. The van der Waals surface area contributed by atoms with E-state index in [1.54, 1.807) is 0 Å². The Hall–Kier alpha value is -1.20. The highest BCUT2D eigenvalue weighted by Gasteiger charge is 2.29. The molecule has 1 aliphatic rings. The van der Waals surface area contributed by atoms with Crippen LogP contribution in [0.2, 0.25) is 0 Å². The van der Waals surface area contributed by atoms with E-state index in [4.69, 9.17) is 0 Å². The van der Waals surface area contributed by atoms with E-state index in [2.05, 4.69) is 64.0 Å². The molecule has 0 amide bonds. The quantitative estimate of drug-likeness (QED) is 0.430. The van der Waals surface area contributed by atoms with E-state index in [9.17, 15) is 0 Å². The van der Waals surface area contributed by atoms with Gasteiger partial charge in [0.1, 0.15) is 0 Å². The zero-order valence-corrected chi connectivity index (χ0v) is 16.1. The molecule has 0 spiro atoms. The Morgan fingerprint density at radius 2 is 2.08 bits per heavy atom. The van der Waals surface area contributed by atoms with E-state index in [0.717, 1.165) is 25.6 Å². The van der Waals surface area contributed by atoms with Crippen molar-refractivity contribution in [1.82, 2.24) is 15.5 Å². The van der Waals surface area contributed by atoms with E-state index >= 15 is 0 Å². The SMILES string of the molecule is CN=C(NCCCCSC)NC1CC(C)N(Cc2ccccc2)C1. The highest BCUT2D eigenvalue weighted by Crippen LogP contribution is 2.20. The molecule has 0 bridgehead atoms. The first kappa shape index (κ1) is 19.1. The molecule has 1 fully saturated rings. The van der Waals surface area contributed by atoms with Crippen LogP contribution in [0.4, 0.5) is 0 Å². The molecule has 0 saturated carbocycles. The highest BCUT2D eigenvalue weighted by atomic mass is 32.2. The summed E-state index contributed by atoms with van der Waals surface area (Å²) < 4.78 is 0. The van der Waals surface area contributed by atoms with E-state index in [1.807, 2.05) is 18.8 Å². The average Bonchev–Trinajstić information content (AvgIpc) is 2.94. The van der Waals surface area contributed by atoms with Gasteiger partial charge in [-0.2, -0.15) is 11.8 Å². The lowest BCUT2D eigenvalue weighted by molar-refractivity contribution is 0.258. The molecule has 2 N–H and O–H groups in total. The van der Waals surface area contributed by atoms with Crippen molar-refractivity contribution in [2.45, 2.75) is 44.8 Å². The third-order valence-electron chi connectivity index (χ3n) is 4.56. The number of thioether (sulfide) groups is 1. The first-order valence-electron chi connectivity index (χ1n) is 8.97. The summed E-state index contributed by atoms with van der Waals surface area (Å²) in [6.07, 6.45) is 5.79. The lowest BCUT2D eigenvalue weighted by Crippen LogP contribution is -2.44. The summed E-state index contributed by atoms with van der Waals surface area (Å²) in [5.74, 6) is 2.18. The van der Waals surface area contributed by atoms with Crippen molar-refractivity contribution in [2.24, 2.45) is 4.99 Å². The maximum atomic E-state index is 4.37. The first-order valence-corrected chi connectivity index (χ1v) is 10.4. The second-order valence-corrected chi connectivity index (χ2v) is 7.53. The Morgan fingerprint density at radius 1 is 1.29 bits per heavy atom. The summed E-state index contributed by atoms with van der Waals surface area (Å²) in [7, 11) is 1.86. The van der Waals surface area contributed by atoms with Gasteiger partial charge in [0.05, 0.1) is 0 Å². The molecule has 2 unspecified atom stereocenters. The molecule has 1 heterocycles. The van der Waals surface area contributed by atoms with Crippen LogP contribution in [0.3, 0.4) is 0 Å². The van der Waals surface area contributed by atoms with Crippen molar-refractivity contribution in [3.05, 3.63) is 35.9 Å². The summed E-state index contributed by atoms with van der Waals surface area (Å²) in [4.78, 5) is 6.93. The summed E-state index contributed by atoms with van der Waals surface area (Å²) in [6.45, 7) is 5.42. The summed E-state index contributed by atoms with van der Waals surface area (Å²) in [5.41, 5.74) is 1.39. The first-order chi connectivity index (χ1) is 11.7. The van der Waals surface area contributed by atoms with E-state index in [0.29, 0.717) is 12.1 Å². The van der Waals surface area contributed by atoms with Crippen LogP contribution in [0.15, 0.2) is 35.3 Å². The minimum atomic E-state index is 0.473. The number of nitrogens with one attached hydrogen (secondary N) is 2. The maximum absolute atomic E-state index is 4.37. The molecular weight excluding hydrogens is 316 g/mol. The molecule has 24 heavy (non-hydrogen) atoms. The van der Waals surface area contributed by atoms with Crippen LogP contribution in [0.25, 0.3) is 0 Å². The van der Waals surface area contributed by atoms with Crippen LogP contribution in [-0.2, 0) is 6.54 Å². The van der Waals surface area contributed by atoms with Gasteiger partial charge in [0.15, 0.2) is 5.96 Å². The van der Waals surface area contributed by atoms with Crippen LogP contribution < -0.4 is 10.6 Å². The predicted octanol–water partition coefficient (Wildman–Crippen LogP) is 2.96. The Bertz CT molecular complexity index is 491. The molecule has 4 nitrogen and oxygen atoms in total. The zero-order chi connectivity index (χ0) is 17.2. The zero-order valence-electron chi connectivity index (χ0n) is 15.3. The Morgan fingerprint density at radius 3 is 2.79 bits per heavy atom. The standard InChI is InChI=1S/C19H32N4S/c1-16-13-18(15-23(16)14-17-9-5-4-6-10-17)22-19(20-2)21-11-7-8-12-24-3/h4-6,9-10,16,18H,7-8,11-15H2,1-3H3,(H2,20,21,22). The smallest absolute Gasteiger partial charge is 0.191 e. The van der Waals surface area contributed by atoms with Gasteiger partial charge in [-0.15, -0.1) is 0 Å². The molecule has 1 aromatic carbocycles.